The fourth-order valence-electron chi connectivity index (χ4n) is 5.11. The molecule has 1 aromatic heterocycles. The van der Waals surface area contributed by atoms with Gasteiger partial charge in [0, 0.05) is 15.5 Å². The number of piperidine rings is 1. The number of nitrogens with zero attached hydrogens (tertiary/aromatic N) is 5. The molecule has 0 radical (unpaired) electrons. The van der Waals surface area contributed by atoms with Gasteiger partial charge in [0.2, 0.25) is 5.91 Å². The van der Waals surface area contributed by atoms with Crippen molar-refractivity contribution in [3.05, 3.63) is 84.4 Å². The number of aromatic nitrogens is 3. The lowest BCUT2D eigenvalue weighted by atomic mass is 10.1. The SMILES string of the molecule is CC(c1nnc(SCC(=O)N2c3ccccc3Sc3ccccc32)n1-c1ccc(F)cc1)N1CCCCC1. The molecule has 1 atom stereocenters. The van der Waals surface area contributed by atoms with E-state index in [9.17, 15) is 9.18 Å². The number of hydrogen-bond donors (Lipinski definition) is 0. The van der Waals surface area contributed by atoms with Gasteiger partial charge in [-0.15, -0.1) is 10.2 Å². The van der Waals surface area contributed by atoms with Crippen molar-refractivity contribution in [1.82, 2.24) is 19.7 Å². The summed E-state index contributed by atoms with van der Waals surface area (Å²) in [4.78, 5) is 20.1. The van der Waals surface area contributed by atoms with Crippen LogP contribution in [0.25, 0.3) is 5.69 Å². The average molecular weight is 546 g/mol. The van der Waals surface area contributed by atoms with Crippen molar-refractivity contribution >= 4 is 40.8 Å². The molecule has 1 amide bonds. The van der Waals surface area contributed by atoms with Gasteiger partial charge in [-0.1, -0.05) is 54.2 Å². The summed E-state index contributed by atoms with van der Waals surface area (Å²) in [5, 5.41) is 9.72. The van der Waals surface area contributed by atoms with Crippen LogP contribution in [0, 0.1) is 5.82 Å². The van der Waals surface area contributed by atoms with E-state index in [1.807, 2.05) is 58.0 Å². The monoisotopic (exact) mass is 545 g/mol. The van der Waals surface area contributed by atoms with Crippen LogP contribution in [-0.2, 0) is 4.79 Å². The Balaban J connectivity index is 1.31. The first-order valence-electron chi connectivity index (χ1n) is 12.9. The highest BCUT2D eigenvalue weighted by Crippen LogP contribution is 2.48. The molecule has 9 heteroatoms. The fraction of sp³-hybridized carbons (Fsp3) is 0.276. The van der Waals surface area contributed by atoms with E-state index in [4.69, 9.17) is 0 Å². The molecule has 2 aliphatic heterocycles. The summed E-state index contributed by atoms with van der Waals surface area (Å²) in [6.07, 6.45) is 3.59. The molecule has 1 saturated heterocycles. The van der Waals surface area contributed by atoms with Crippen molar-refractivity contribution in [2.75, 3.05) is 23.7 Å². The third kappa shape index (κ3) is 4.86. The number of anilines is 2. The first-order valence-corrected chi connectivity index (χ1v) is 14.7. The van der Waals surface area contributed by atoms with Gasteiger partial charge in [0.05, 0.1) is 23.2 Å². The molecule has 1 fully saturated rings. The summed E-state index contributed by atoms with van der Waals surface area (Å²) < 4.78 is 15.8. The van der Waals surface area contributed by atoms with Gasteiger partial charge in [-0.05, 0) is 81.4 Å². The number of fused-ring (bicyclic) bond motifs is 2. The minimum absolute atomic E-state index is 0.0329. The van der Waals surface area contributed by atoms with Crippen LogP contribution in [0.3, 0.4) is 0 Å². The molecular formula is C29H28FN5OS2. The molecule has 1 unspecified atom stereocenters. The van der Waals surface area contributed by atoms with Crippen LogP contribution >= 0.6 is 23.5 Å². The van der Waals surface area contributed by atoms with Gasteiger partial charge < -0.3 is 0 Å². The Bertz CT molecular complexity index is 1410. The molecule has 0 aliphatic carbocycles. The average Bonchev–Trinajstić information content (AvgIpc) is 3.39. The number of carbonyl (C=O) groups excluding carboxylic acids is 1. The quantitative estimate of drug-likeness (QED) is 0.246. The van der Waals surface area contributed by atoms with Gasteiger partial charge in [0.25, 0.3) is 0 Å². The molecule has 2 aliphatic rings. The summed E-state index contributed by atoms with van der Waals surface area (Å²) >= 11 is 3.04. The Hall–Kier alpha value is -3.14. The predicted octanol–water partition coefficient (Wildman–Crippen LogP) is 6.87. The van der Waals surface area contributed by atoms with Crippen LogP contribution in [0.15, 0.2) is 87.7 Å². The standard InChI is InChI=1S/C29H28FN5OS2/c1-20(33-17-7-2-8-18-33)28-31-32-29(34(28)22-15-13-21(30)14-16-22)37-19-27(36)35-23-9-3-5-11-25(23)38-26-12-6-4-10-24(26)35/h3-6,9-16,20H,2,7-8,17-19H2,1H3. The normalized spacial score (nSPS) is 16.1. The number of para-hydroxylation sites is 2. The summed E-state index contributed by atoms with van der Waals surface area (Å²) in [6, 6.07) is 22.4. The highest BCUT2D eigenvalue weighted by molar-refractivity contribution is 8.00. The van der Waals surface area contributed by atoms with Crippen LogP contribution in [0.4, 0.5) is 15.8 Å². The number of benzene rings is 3. The number of hydrogen-bond acceptors (Lipinski definition) is 6. The molecule has 0 N–H and O–H groups in total. The van der Waals surface area contributed by atoms with Crippen molar-refractivity contribution in [3.8, 4) is 5.69 Å². The lowest BCUT2D eigenvalue weighted by Crippen LogP contribution is -2.33. The van der Waals surface area contributed by atoms with Gasteiger partial charge in [-0.2, -0.15) is 0 Å². The van der Waals surface area contributed by atoms with E-state index in [2.05, 4.69) is 22.0 Å². The topological polar surface area (TPSA) is 54.3 Å². The first-order chi connectivity index (χ1) is 18.6. The molecule has 0 spiro atoms. The first kappa shape index (κ1) is 25.2. The smallest absolute Gasteiger partial charge is 0.242 e. The van der Waals surface area contributed by atoms with Crippen molar-refractivity contribution in [3.63, 3.8) is 0 Å². The highest BCUT2D eigenvalue weighted by Gasteiger charge is 2.30. The van der Waals surface area contributed by atoms with E-state index in [0.717, 1.165) is 45.8 Å². The molecule has 3 heterocycles. The summed E-state index contributed by atoms with van der Waals surface area (Å²) in [5.74, 6) is 0.662. The van der Waals surface area contributed by atoms with E-state index in [-0.39, 0.29) is 23.5 Å². The van der Waals surface area contributed by atoms with E-state index in [1.165, 1.54) is 43.2 Å². The predicted molar refractivity (Wildman–Crippen MR) is 150 cm³/mol. The molecule has 194 valence electrons. The molecule has 6 rings (SSSR count). The summed E-state index contributed by atoms with van der Waals surface area (Å²) in [7, 11) is 0. The van der Waals surface area contributed by atoms with Crippen LogP contribution in [0.5, 0.6) is 0 Å². The Labute approximate surface area is 230 Å². The summed E-state index contributed by atoms with van der Waals surface area (Å²) in [5.41, 5.74) is 2.57. The van der Waals surface area contributed by atoms with E-state index < -0.39 is 0 Å². The van der Waals surface area contributed by atoms with Crippen LogP contribution in [0.1, 0.15) is 38.1 Å². The zero-order valence-electron chi connectivity index (χ0n) is 21.1. The number of halogens is 1. The van der Waals surface area contributed by atoms with Crippen LogP contribution < -0.4 is 4.90 Å². The second kappa shape index (κ2) is 10.9. The minimum Gasteiger partial charge on any atom is -0.294 e. The zero-order valence-corrected chi connectivity index (χ0v) is 22.7. The Morgan fingerprint density at radius 1 is 0.921 bits per heavy atom. The van der Waals surface area contributed by atoms with Gasteiger partial charge >= 0.3 is 0 Å². The van der Waals surface area contributed by atoms with Crippen molar-refractivity contribution < 1.29 is 9.18 Å². The maximum atomic E-state index is 13.8. The van der Waals surface area contributed by atoms with Crippen molar-refractivity contribution in [1.29, 1.82) is 0 Å². The molecule has 3 aromatic carbocycles. The van der Waals surface area contributed by atoms with E-state index in [0.29, 0.717) is 5.16 Å². The van der Waals surface area contributed by atoms with Crippen LogP contribution in [-0.4, -0.2) is 44.4 Å². The molecule has 0 bridgehead atoms. The maximum absolute atomic E-state index is 13.8. The molecule has 4 aromatic rings. The third-order valence-electron chi connectivity index (χ3n) is 7.06. The van der Waals surface area contributed by atoms with Gasteiger partial charge in [0.1, 0.15) is 5.82 Å². The Kier molecular flexibility index (Phi) is 7.23. The summed E-state index contributed by atoms with van der Waals surface area (Å²) in [6.45, 7) is 4.18. The van der Waals surface area contributed by atoms with E-state index >= 15 is 0 Å². The number of likely N-dealkylation sites (tertiary alicyclic amines) is 1. The van der Waals surface area contributed by atoms with Gasteiger partial charge in [-0.25, -0.2) is 4.39 Å². The minimum atomic E-state index is -0.294. The lowest BCUT2D eigenvalue weighted by molar-refractivity contribution is -0.115. The molecule has 6 nitrogen and oxygen atoms in total. The highest BCUT2D eigenvalue weighted by atomic mass is 32.2. The van der Waals surface area contributed by atoms with Gasteiger partial charge in [0.15, 0.2) is 11.0 Å². The number of rotatable bonds is 6. The number of thioether (sulfide) groups is 1. The van der Waals surface area contributed by atoms with Crippen LogP contribution in [0.2, 0.25) is 0 Å². The molecule has 38 heavy (non-hydrogen) atoms. The van der Waals surface area contributed by atoms with Crippen molar-refractivity contribution in [2.45, 2.75) is 47.2 Å². The fourth-order valence-corrected chi connectivity index (χ4v) is 6.98. The number of amides is 1. The zero-order chi connectivity index (χ0) is 26.1. The second-order valence-corrected chi connectivity index (χ2v) is 11.5. The van der Waals surface area contributed by atoms with Gasteiger partial charge in [-0.3, -0.25) is 19.2 Å². The Morgan fingerprint density at radius 3 is 2.21 bits per heavy atom. The second-order valence-electron chi connectivity index (χ2n) is 9.48. The third-order valence-corrected chi connectivity index (χ3v) is 9.11. The largest absolute Gasteiger partial charge is 0.294 e. The number of carbonyl (C=O) groups is 1. The molecule has 0 saturated carbocycles. The molecular weight excluding hydrogens is 517 g/mol. The maximum Gasteiger partial charge on any atom is 0.242 e. The Morgan fingerprint density at radius 2 is 1.55 bits per heavy atom. The lowest BCUT2D eigenvalue weighted by Gasteiger charge is -2.32. The van der Waals surface area contributed by atoms with E-state index in [1.54, 1.807) is 23.9 Å². The van der Waals surface area contributed by atoms with Crippen molar-refractivity contribution in [2.24, 2.45) is 0 Å².